The second-order valence-corrected chi connectivity index (χ2v) is 8.18. The summed E-state index contributed by atoms with van der Waals surface area (Å²) in [5, 5.41) is 6.70. The van der Waals surface area contributed by atoms with E-state index in [1.807, 2.05) is 45.5 Å². The molecule has 0 radical (unpaired) electrons. The van der Waals surface area contributed by atoms with Gasteiger partial charge in [0.2, 0.25) is 0 Å². The van der Waals surface area contributed by atoms with E-state index < -0.39 is 0 Å². The molecule has 0 aliphatic carbocycles. The molecule has 5 heteroatoms. The molecule has 0 saturated carbocycles. The van der Waals surface area contributed by atoms with Crippen LogP contribution in [0.25, 0.3) is 0 Å². The largest absolute Gasteiger partial charge is 0.332 e. The number of hydrogen-bond donors (Lipinski definition) is 2. The molecule has 0 aromatic carbocycles. The number of nitrogens with one attached hydrogen (secondary N) is 2. The number of rotatable bonds is 12. The molecule has 2 amide bonds. The van der Waals surface area contributed by atoms with Crippen molar-refractivity contribution in [3.05, 3.63) is 12.7 Å². The minimum Gasteiger partial charge on any atom is -0.332 e. The van der Waals surface area contributed by atoms with Gasteiger partial charge in [-0.1, -0.05) is 53.0 Å². The molecule has 2 saturated heterocycles. The average Bonchev–Trinajstić information content (AvgIpc) is 3.24. The van der Waals surface area contributed by atoms with Crippen molar-refractivity contribution >= 4 is 17.8 Å². The lowest BCUT2D eigenvalue weighted by molar-refractivity contribution is 0.247. The first-order valence-electron chi connectivity index (χ1n) is 11.2. The first kappa shape index (κ1) is 26.3. The number of unbranched alkanes of at least 4 members (excludes halogenated alkanes) is 5. The van der Waals surface area contributed by atoms with Crippen molar-refractivity contribution in [2.24, 2.45) is 0 Å². The Kier molecular flexibility index (Phi) is 17.0. The Morgan fingerprint density at radius 1 is 1.04 bits per heavy atom. The Morgan fingerprint density at radius 2 is 1.67 bits per heavy atom. The van der Waals surface area contributed by atoms with Gasteiger partial charge in [0.1, 0.15) is 0 Å². The van der Waals surface area contributed by atoms with Crippen LogP contribution in [0.3, 0.4) is 0 Å². The number of carbonyl (C=O) groups is 1. The highest BCUT2D eigenvalue weighted by molar-refractivity contribution is 8.00. The third-order valence-corrected chi connectivity index (χ3v) is 6.42. The summed E-state index contributed by atoms with van der Waals surface area (Å²) in [5.41, 5.74) is 0. The maximum atomic E-state index is 11.4. The smallest absolute Gasteiger partial charge is 0.315 e. The van der Waals surface area contributed by atoms with Crippen molar-refractivity contribution in [2.45, 2.75) is 96.4 Å². The highest BCUT2D eigenvalue weighted by Gasteiger charge is 2.42. The minimum absolute atomic E-state index is 0.0278. The molecular formula is C22H45N3OS. The second-order valence-electron chi connectivity index (χ2n) is 6.91. The molecule has 2 rings (SSSR count). The van der Waals surface area contributed by atoms with E-state index in [-0.39, 0.29) is 6.03 Å². The molecule has 2 N–H and O–H groups in total. The topological polar surface area (TPSA) is 44.4 Å². The van der Waals surface area contributed by atoms with Crippen LogP contribution < -0.4 is 10.6 Å². The van der Waals surface area contributed by atoms with Crippen LogP contribution in [-0.4, -0.2) is 54.2 Å². The van der Waals surface area contributed by atoms with Crippen molar-refractivity contribution in [3.8, 4) is 0 Å². The fraction of sp³-hybridized carbons (Fsp3) is 0.864. The van der Waals surface area contributed by atoms with Gasteiger partial charge in [0.25, 0.3) is 0 Å². The maximum Gasteiger partial charge on any atom is 0.315 e. The molecule has 0 bridgehead atoms. The first-order chi connectivity index (χ1) is 13.2. The lowest BCUT2D eigenvalue weighted by Gasteiger charge is -2.18. The standard InChI is InChI=1S/C18H33N3OS.2C2H6/c1-3-4-5-6-9-12-21(2)13-10-7-8-11-16-17-15(14-23-16)19-18(22)20-17;2*1-2/h3,15-17H,1,4-14H2,2H3,(H2,19,20,22);2*1-2H3/t15?,16-,17?;;/m0../s1. The molecule has 2 heterocycles. The Balaban J connectivity index is 0.00000158. The predicted molar refractivity (Wildman–Crippen MR) is 123 cm³/mol. The van der Waals surface area contributed by atoms with Gasteiger partial charge >= 0.3 is 6.03 Å². The van der Waals surface area contributed by atoms with Crippen LogP contribution in [0.4, 0.5) is 4.79 Å². The summed E-state index contributed by atoms with van der Waals surface area (Å²) >= 11 is 2.02. The van der Waals surface area contributed by atoms with Crippen LogP contribution in [0.1, 0.15) is 79.1 Å². The SMILES string of the molecule is C=CCCCCCN(C)CCCCC[C@@H]1SCC2NC(=O)NC21.CC.CC. The van der Waals surface area contributed by atoms with Gasteiger partial charge < -0.3 is 15.5 Å². The number of nitrogens with zero attached hydrogens (tertiary/aromatic N) is 1. The van der Waals surface area contributed by atoms with Crippen LogP contribution in [0.15, 0.2) is 12.7 Å². The lowest BCUT2D eigenvalue weighted by atomic mass is 10.0. The van der Waals surface area contributed by atoms with Gasteiger partial charge in [0.15, 0.2) is 0 Å². The number of urea groups is 1. The molecule has 2 aliphatic heterocycles. The first-order valence-corrected chi connectivity index (χ1v) is 12.2. The predicted octanol–water partition coefficient (Wildman–Crippen LogP) is 5.44. The molecule has 0 aromatic heterocycles. The zero-order valence-corrected chi connectivity index (χ0v) is 19.4. The fourth-order valence-corrected chi connectivity index (χ4v) is 5.05. The number of carbonyl (C=O) groups excluding carboxylic acids is 1. The van der Waals surface area contributed by atoms with Gasteiger partial charge in [-0.15, -0.1) is 6.58 Å². The van der Waals surface area contributed by atoms with Crippen molar-refractivity contribution < 1.29 is 4.79 Å². The van der Waals surface area contributed by atoms with Crippen molar-refractivity contribution in [2.75, 3.05) is 25.9 Å². The molecule has 3 atom stereocenters. The summed E-state index contributed by atoms with van der Waals surface area (Å²) in [6.07, 6.45) is 12.2. The lowest BCUT2D eigenvalue weighted by Crippen LogP contribution is -2.36. The fourth-order valence-electron chi connectivity index (χ4n) is 3.51. The zero-order chi connectivity index (χ0) is 20.5. The summed E-state index contributed by atoms with van der Waals surface area (Å²) < 4.78 is 0. The Morgan fingerprint density at radius 3 is 2.30 bits per heavy atom. The van der Waals surface area contributed by atoms with E-state index in [0.717, 1.165) is 12.2 Å². The number of fused-ring (bicyclic) bond motifs is 1. The third kappa shape index (κ3) is 11.0. The van der Waals surface area contributed by atoms with Gasteiger partial charge in [0, 0.05) is 11.0 Å². The Bertz CT molecular complexity index is 379. The quantitative estimate of drug-likeness (QED) is 0.261. The molecule has 2 unspecified atom stereocenters. The summed E-state index contributed by atoms with van der Waals surface area (Å²) in [6, 6.07) is 0.760. The van der Waals surface area contributed by atoms with E-state index >= 15 is 0 Å². The van der Waals surface area contributed by atoms with Crippen LogP contribution >= 0.6 is 11.8 Å². The highest BCUT2D eigenvalue weighted by atomic mass is 32.2. The van der Waals surface area contributed by atoms with E-state index in [1.54, 1.807) is 0 Å². The third-order valence-electron chi connectivity index (χ3n) is 4.91. The molecule has 27 heavy (non-hydrogen) atoms. The summed E-state index contributed by atoms with van der Waals surface area (Å²) in [5.74, 6) is 1.07. The molecule has 2 fully saturated rings. The van der Waals surface area contributed by atoms with Gasteiger partial charge in [-0.05, 0) is 52.2 Å². The van der Waals surface area contributed by atoms with Crippen molar-refractivity contribution in [1.82, 2.24) is 15.5 Å². The molecular weight excluding hydrogens is 354 g/mol. The second kappa shape index (κ2) is 17.4. The van der Waals surface area contributed by atoms with E-state index in [1.165, 1.54) is 58.0 Å². The Labute approximate surface area is 173 Å². The van der Waals surface area contributed by atoms with Crippen LogP contribution in [-0.2, 0) is 0 Å². The summed E-state index contributed by atoms with van der Waals surface area (Å²) in [7, 11) is 2.24. The van der Waals surface area contributed by atoms with Crippen LogP contribution in [0, 0.1) is 0 Å². The number of thioether (sulfide) groups is 1. The molecule has 4 nitrogen and oxygen atoms in total. The van der Waals surface area contributed by atoms with Gasteiger partial charge in [-0.3, -0.25) is 0 Å². The van der Waals surface area contributed by atoms with Gasteiger partial charge in [-0.25, -0.2) is 4.79 Å². The molecule has 0 spiro atoms. The zero-order valence-electron chi connectivity index (χ0n) is 18.6. The highest BCUT2D eigenvalue weighted by Crippen LogP contribution is 2.33. The van der Waals surface area contributed by atoms with Gasteiger partial charge in [-0.2, -0.15) is 11.8 Å². The van der Waals surface area contributed by atoms with Crippen molar-refractivity contribution in [3.63, 3.8) is 0 Å². The van der Waals surface area contributed by atoms with E-state index in [9.17, 15) is 4.79 Å². The van der Waals surface area contributed by atoms with E-state index in [2.05, 4.69) is 29.2 Å². The van der Waals surface area contributed by atoms with Gasteiger partial charge in [0.05, 0.1) is 12.1 Å². The molecule has 0 aromatic rings. The van der Waals surface area contributed by atoms with E-state index in [4.69, 9.17) is 0 Å². The average molecular weight is 400 g/mol. The number of hydrogen-bond acceptors (Lipinski definition) is 3. The molecule has 160 valence electrons. The Hall–Kier alpha value is -0.680. The number of amides is 2. The van der Waals surface area contributed by atoms with E-state index in [0.29, 0.717) is 17.3 Å². The maximum absolute atomic E-state index is 11.4. The van der Waals surface area contributed by atoms with Crippen LogP contribution in [0.5, 0.6) is 0 Å². The monoisotopic (exact) mass is 399 g/mol. The minimum atomic E-state index is 0.0278. The summed E-state index contributed by atoms with van der Waals surface area (Å²) in [6.45, 7) is 14.2. The van der Waals surface area contributed by atoms with Crippen molar-refractivity contribution in [1.29, 1.82) is 0 Å². The van der Waals surface area contributed by atoms with Crippen LogP contribution in [0.2, 0.25) is 0 Å². The summed E-state index contributed by atoms with van der Waals surface area (Å²) in [4.78, 5) is 13.8. The molecule has 2 aliphatic rings. The number of allylic oxidation sites excluding steroid dienone is 1. The normalized spacial score (nSPS) is 22.7.